The Labute approximate surface area is 84.5 Å². The van der Waals surface area contributed by atoms with Crippen LogP contribution in [0.2, 0.25) is 0 Å². The van der Waals surface area contributed by atoms with E-state index in [4.69, 9.17) is 4.74 Å². The third-order valence-electron chi connectivity index (χ3n) is 2.81. The van der Waals surface area contributed by atoms with Gasteiger partial charge >= 0.3 is 0 Å². The van der Waals surface area contributed by atoms with Crippen LogP contribution in [0.4, 0.5) is 5.82 Å². The van der Waals surface area contributed by atoms with Crippen LogP contribution in [0.3, 0.4) is 0 Å². The first kappa shape index (κ1) is 9.31. The monoisotopic (exact) mass is 192 g/mol. The minimum Gasteiger partial charge on any atom is -0.495 e. The predicted octanol–water partition coefficient (Wildman–Crippen LogP) is 2.30. The second kappa shape index (κ2) is 3.15. The Morgan fingerprint density at radius 1 is 1.50 bits per heavy atom. The van der Waals surface area contributed by atoms with Crippen molar-refractivity contribution in [2.75, 3.05) is 12.4 Å². The summed E-state index contributed by atoms with van der Waals surface area (Å²) in [4.78, 5) is 4.26. The van der Waals surface area contributed by atoms with Gasteiger partial charge in [-0.05, 0) is 24.0 Å². The van der Waals surface area contributed by atoms with Crippen LogP contribution in [0.1, 0.15) is 20.3 Å². The highest BCUT2D eigenvalue weighted by Crippen LogP contribution is 2.46. The van der Waals surface area contributed by atoms with Gasteiger partial charge in [-0.1, -0.05) is 13.8 Å². The van der Waals surface area contributed by atoms with Crippen LogP contribution in [0, 0.1) is 5.41 Å². The molecule has 1 N–H and O–H groups in total. The summed E-state index contributed by atoms with van der Waals surface area (Å²) in [7, 11) is 1.65. The molecule has 0 radical (unpaired) electrons. The van der Waals surface area contributed by atoms with Crippen molar-refractivity contribution < 1.29 is 4.74 Å². The number of aromatic nitrogens is 1. The Balaban J connectivity index is 1.98. The molecule has 0 aromatic carbocycles. The van der Waals surface area contributed by atoms with Gasteiger partial charge in [0.1, 0.15) is 11.6 Å². The minimum atomic E-state index is 0.432. The molecule has 1 fully saturated rings. The van der Waals surface area contributed by atoms with Gasteiger partial charge in [-0.25, -0.2) is 4.98 Å². The maximum Gasteiger partial charge on any atom is 0.137 e. The van der Waals surface area contributed by atoms with Crippen molar-refractivity contribution in [3.8, 4) is 5.75 Å². The van der Waals surface area contributed by atoms with E-state index in [0.717, 1.165) is 11.6 Å². The molecule has 0 saturated heterocycles. The molecule has 0 amide bonds. The summed E-state index contributed by atoms with van der Waals surface area (Å²) in [5, 5.41) is 3.39. The van der Waals surface area contributed by atoms with Gasteiger partial charge in [-0.2, -0.15) is 0 Å². The van der Waals surface area contributed by atoms with Gasteiger partial charge < -0.3 is 10.1 Å². The molecule has 0 bridgehead atoms. The summed E-state index contributed by atoms with van der Waals surface area (Å²) in [6.45, 7) is 4.52. The van der Waals surface area contributed by atoms with Crippen molar-refractivity contribution >= 4 is 5.82 Å². The molecule has 0 spiro atoms. The normalized spacial score (nSPS) is 22.9. The van der Waals surface area contributed by atoms with Gasteiger partial charge in [0.2, 0.25) is 0 Å². The zero-order valence-corrected chi connectivity index (χ0v) is 8.87. The van der Waals surface area contributed by atoms with Gasteiger partial charge in [0, 0.05) is 6.04 Å². The average molecular weight is 192 g/mol. The average Bonchev–Trinajstić information content (AvgIpc) is 2.75. The highest BCUT2D eigenvalue weighted by molar-refractivity contribution is 5.40. The van der Waals surface area contributed by atoms with Crippen molar-refractivity contribution in [1.82, 2.24) is 4.98 Å². The fourth-order valence-electron chi connectivity index (χ4n) is 1.48. The lowest BCUT2D eigenvalue weighted by Gasteiger charge is -2.07. The largest absolute Gasteiger partial charge is 0.495 e. The number of nitrogens with zero attached hydrogens (tertiary/aromatic N) is 1. The molecule has 1 aromatic rings. The first-order chi connectivity index (χ1) is 6.62. The SMILES string of the molecule is COc1ccc(NC2CC2(C)C)nc1. The quantitative estimate of drug-likeness (QED) is 0.798. The molecule has 1 aromatic heterocycles. The lowest BCUT2D eigenvalue weighted by Crippen LogP contribution is -2.09. The summed E-state index contributed by atoms with van der Waals surface area (Å²) in [5.74, 6) is 1.73. The summed E-state index contributed by atoms with van der Waals surface area (Å²) in [6, 6.07) is 4.45. The lowest BCUT2D eigenvalue weighted by molar-refractivity contribution is 0.413. The third kappa shape index (κ3) is 1.81. The number of nitrogens with one attached hydrogen (secondary N) is 1. The first-order valence-corrected chi connectivity index (χ1v) is 4.88. The van der Waals surface area contributed by atoms with Crippen LogP contribution in [-0.4, -0.2) is 18.1 Å². The van der Waals surface area contributed by atoms with Crippen molar-refractivity contribution in [1.29, 1.82) is 0 Å². The maximum atomic E-state index is 5.04. The topological polar surface area (TPSA) is 34.1 Å². The molecule has 1 aliphatic rings. The second-order valence-electron chi connectivity index (χ2n) is 4.47. The van der Waals surface area contributed by atoms with Gasteiger partial charge in [0.05, 0.1) is 13.3 Å². The highest BCUT2D eigenvalue weighted by Gasteiger charge is 2.45. The minimum absolute atomic E-state index is 0.432. The summed E-state index contributed by atoms with van der Waals surface area (Å²) in [6.07, 6.45) is 2.96. The van der Waals surface area contributed by atoms with Crippen LogP contribution < -0.4 is 10.1 Å². The Morgan fingerprint density at radius 2 is 2.21 bits per heavy atom. The molecule has 3 heteroatoms. The molecule has 76 valence electrons. The zero-order valence-electron chi connectivity index (χ0n) is 8.87. The van der Waals surface area contributed by atoms with Crippen molar-refractivity contribution in [3.63, 3.8) is 0 Å². The van der Waals surface area contributed by atoms with Crippen LogP contribution >= 0.6 is 0 Å². The number of ether oxygens (including phenoxy) is 1. The summed E-state index contributed by atoms with van der Waals surface area (Å²) < 4.78 is 5.04. The molecular weight excluding hydrogens is 176 g/mol. The van der Waals surface area contributed by atoms with Crippen LogP contribution in [0.5, 0.6) is 5.75 Å². The molecule has 1 saturated carbocycles. The molecule has 3 nitrogen and oxygen atoms in total. The van der Waals surface area contributed by atoms with Gasteiger partial charge in [0.15, 0.2) is 0 Å². The standard InChI is InChI=1S/C11H16N2O/c1-11(2)6-9(11)13-10-5-4-8(14-3)7-12-10/h4-5,7,9H,6H2,1-3H3,(H,12,13). The smallest absolute Gasteiger partial charge is 0.137 e. The number of methoxy groups -OCH3 is 1. The van der Waals surface area contributed by atoms with Crippen molar-refractivity contribution in [3.05, 3.63) is 18.3 Å². The molecule has 1 heterocycles. The number of rotatable bonds is 3. The van der Waals surface area contributed by atoms with E-state index in [1.165, 1.54) is 6.42 Å². The third-order valence-corrected chi connectivity index (χ3v) is 2.81. The molecule has 2 rings (SSSR count). The van der Waals surface area contributed by atoms with E-state index in [0.29, 0.717) is 11.5 Å². The van der Waals surface area contributed by atoms with E-state index < -0.39 is 0 Å². The van der Waals surface area contributed by atoms with Crippen LogP contribution in [0.25, 0.3) is 0 Å². The fraction of sp³-hybridized carbons (Fsp3) is 0.545. The number of pyridine rings is 1. The number of hydrogen-bond donors (Lipinski definition) is 1. The first-order valence-electron chi connectivity index (χ1n) is 4.88. The highest BCUT2D eigenvalue weighted by atomic mass is 16.5. The summed E-state index contributed by atoms with van der Waals surface area (Å²) >= 11 is 0. The van der Waals surface area contributed by atoms with E-state index in [9.17, 15) is 0 Å². The van der Waals surface area contributed by atoms with E-state index in [1.54, 1.807) is 13.3 Å². The van der Waals surface area contributed by atoms with E-state index in [-0.39, 0.29) is 0 Å². The molecule has 1 atom stereocenters. The zero-order chi connectivity index (χ0) is 10.2. The Hall–Kier alpha value is -1.25. The van der Waals surface area contributed by atoms with Crippen LogP contribution in [-0.2, 0) is 0 Å². The molecule has 14 heavy (non-hydrogen) atoms. The molecule has 1 aliphatic carbocycles. The van der Waals surface area contributed by atoms with Crippen LogP contribution in [0.15, 0.2) is 18.3 Å². The second-order valence-corrected chi connectivity index (χ2v) is 4.47. The van der Waals surface area contributed by atoms with Gasteiger partial charge in [-0.15, -0.1) is 0 Å². The Bertz CT molecular complexity index is 319. The fourth-order valence-corrected chi connectivity index (χ4v) is 1.48. The maximum absolute atomic E-state index is 5.04. The number of anilines is 1. The molecule has 0 aliphatic heterocycles. The van der Waals surface area contributed by atoms with E-state index >= 15 is 0 Å². The lowest BCUT2D eigenvalue weighted by atomic mass is 10.2. The van der Waals surface area contributed by atoms with E-state index in [1.807, 2.05) is 12.1 Å². The van der Waals surface area contributed by atoms with Crippen molar-refractivity contribution in [2.24, 2.45) is 5.41 Å². The van der Waals surface area contributed by atoms with Gasteiger partial charge in [-0.3, -0.25) is 0 Å². The molecule has 1 unspecified atom stereocenters. The summed E-state index contributed by atoms with van der Waals surface area (Å²) in [5.41, 5.74) is 0.432. The van der Waals surface area contributed by atoms with Crippen molar-refractivity contribution in [2.45, 2.75) is 26.3 Å². The Kier molecular flexibility index (Phi) is 2.10. The number of hydrogen-bond acceptors (Lipinski definition) is 3. The predicted molar refractivity (Wildman–Crippen MR) is 56.6 cm³/mol. The Morgan fingerprint density at radius 3 is 2.64 bits per heavy atom. The van der Waals surface area contributed by atoms with E-state index in [2.05, 4.69) is 24.1 Å². The van der Waals surface area contributed by atoms with Gasteiger partial charge in [0.25, 0.3) is 0 Å². The molecular formula is C11H16N2O.